The van der Waals surface area contributed by atoms with Gasteiger partial charge in [0.1, 0.15) is 5.60 Å². The quantitative estimate of drug-likeness (QED) is 0.461. The van der Waals surface area contributed by atoms with E-state index in [1.165, 1.54) is 17.0 Å². The number of likely N-dealkylation sites (tertiary alicyclic amines) is 1. The molecule has 2 aliphatic heterocycles. The van der Waals surface area contributed by atoms with Crippen LogP contribution in [0.25, 0.3) is 11.3 Å². The normalized spacial score (nSPS) is 23.2. The molecule has 2 atom stereocenters. The number of ether oxygens (including phenoxy) is 1. The predicted molar refractivity (Wildman–Crippen MR) is 172 cm³/mol. The summed E-state index contributed by atoms with van der Waals surface area (Å²) in [6.45, 7) is 7.51. The number of piperidine rings is 1. The van der Waals surface area contributed by atoms with Crippen LogP contribution in [0.3, 0.4) is 0 Å². The molecule has 246 valence electrons. The SMILES string of the molecule is Cn1cc(-c2cc(=O)n(C[C@]3(O)CCN(C(=O)N4CCN(C(=O)OC(C)(C)C)C[C@H]4c4ccccc4)CC34CCCC4)cn2)cn1. The molecule has 1 aliphatic carbocycles. The van der Waals surface area contributed by atoms with Crippen molar-refractivity contribution in [2.24, 2.45) is 12.5 Å². The standard InChI is InChI=1S/C34H45N7O5/c1-32(2,3)46-31(44)38-16-17-41(28(21-38)25-10-6-5-7-11-25)30(43)39-15-14-34(45,33(22-39)12-8-9-13-33)23-40-24-35-27(18-29(40)42)26-19-36-37(4)20-26/h5-7,10-11,18-20,24,28,45H,8-9,12-17,21-23H2,1-4H3/t28-,34+/m0/s1. The first kappa shape index (κ1) is 31.8. The average molecular weight is 632 g/mol. The molecule has 46 heavy (non-hydrogen) atoms. The molecule has 3 fully saturated rings. The molecule has 1 spiro atoms. The maximum Gasteiger partial charge on any atom is 0.410 e. The first-order chi connectivity index (χ1) is 21.9. The Morgan fingerprint density at radius 1 is 1.04 bits per heavy atom. The van der Waals surface area contributed by atoms with E-state index in [1.807, 2.05) is 68.0 Å². The van der Waals surface area contributed by atoms with Crippen LogP contribution in [-0.2, 0) is 18.3 Å². The summed E-state index contributed by atoms with van der Waals surface area (Å²) in [4.78, 5) is 50.5. The van der Waals surface area contributed by atoms with Crippen LogP contribution in [0.15, 0.2) is 59.9 Å². The van der Waals surface area contributed by atoms with Crippen molar-refractivity contribution >= 4 is 12.1 Å². The fraction of sp³-hybridized carbons (Fsp3) is 0.559. The summed E-state index contributed by atoms with van der Waals surface area (Å²) in [6, 6.07) is 10.9. The highest BCUT2D eigenvalue weighted by atomic mass is 16.6. The number of nitrogens with zero attached hydrogens (tertiary/aromatic N) is 7. The molecule has 3 aliphatic rings. The van der Waals surface area contributed by atoms with Gasteiger partial charge < -0.3 is 24.5 Å². The topological polar surface area (TPSA) is 126 Å². The van der Waals surface area contributed by atoms with E-state index in [9.17, 15) is 19.5 Å². The van der Waals surface area contributed by atoms with E-state index in [4.69, 9.17) is 4.74 Å². The molecule has 1 aromatic carbocycles. The number of aryl methyl sites for hydroxylation is 1. The summed E-state index contributed by atoms with van der Waals surface area (Å²) in [5.41, 5.74) is -0.312. The maximum atomic E-state index is 14.3. The van der Waals surface area contributed by atoms with Crippen molar-refractivity contribution in [1.82, 2.24) is 34.0 Å². The summed E-state index contributed by atoms with van der Waals surface area (Å²) in [7, 11) is 1.81. The van der Waals surface area contributed by atoms with Crippen molar-refractivity contribution < 1.29 is 19.4 Å². The first-order valence-corrected chi connectivity index (χ1v) is 16.2. The van der Waals surface area contributed by atoms with Crippen molar-refractivity contribution in [3.05, 3.63) is 71.0 Å². The highest BCUT2D eigenvalue weighted by molar-refractivity contribution is 5.76. The third-order valence-electron chi connectivity index (χ3n) is 9.88. The van der Waals surface area contributed by atoms with E-state index in [1.54, 1.807) is 22.0 Å². The fourth-order valence-corrected chi connectivity index (χ4v) is 7.45. The van der Waals surface area contributed by atoms with Crippen LogP contribution < -0.4 is 5.56 Å². The van der Waals surface area contributed by atoms with Gasteiger partial charge in [-0.1, -0.05) is 43.2 Å². The van der Waals surface area contributed by atoms with Crippen LogP contribution in [0.4, 0.5) is 9.59 Å². The molecule has 12 heteroatoms. The molecule has 2 aromatic heterocycles. The molecule has 3 amide bonds. The van der Waals surface area contributed by atoms with Crippen LogP contribution >= 0.6 is 0 Å². The minimum atomic E-state index is -1.17. The zero-order valence-corrected chi connectivity index (χ0v) is 27.3. The van der Waals surface area contributed by atoms with Crippen LogP contribution in [0.5, 0.6) is 0 Å². The van der Waals surface area contributed by atoms with Crippen molar-refractivity contribution in [3.8, 4) is 11.3 Å². The molecule has 4 heterocycles. The average Bonchev–Trinajstić information content (AvgIpc) is 3.69. The molecular weight excluding hydrogens is 586 g/mol. The highest BCUT2D eigenvalue weighted by Crippen LogP contribution is 2.52. The number of carbonyl (C=O) groups excluding carboxylic acids is 2. The van der Waals surface area contributed by atoms with Gasteiger partial charge in [-0.25, -0.2) is 14.6 Å². The van der Waals surface area contributed by atoms with Gasteiger partial charge in [0.15, 0.2) is 0 Å². The Morgan fingerprint density at radius 2 is 1.78 bits per heavy atom. The van der Waals surface area contributed by atoms with Crippen LogP contribution in [0.2, 0.25) is 0 Å². The van der Waals surface area contributed by atoms with Gasteiger partial charge in [-0.2, -0.15) is 5.10 Å². The molecule has 0 bridgehead atoms. The second-order valence-corrected chi connectivity index (χ2v) is 14.2. The molecule has 2 saturated heterocycles. The van der Waals surface area contributed by atoms with Gasteiger partial charge >= 0.3 is 12.1 Å². The molecule has 3 aromatic rings. The summed E-state index contributed by atoms with van der Waals surface area (Å²) in [6.07, 6.45) is 8.42. The minimum absolute atomic E-state index is 0.0920. The number of aliphatic hydroxyl groups is 1. The van der Waals surface area contributed by atoms with Crippen molar-refractivity contribution in [3.63, 3.8) is 0 Å². The Bertz CT molecular complexity index is 1620. The summed E-state index contributed by atoms with van der Waals surface area (Å²) < 4.78 is 8.82. The van der Waals surface area contributed by atoms with Crippen LogP contribution in [0, 0.1) is 5.41 Å². The third-order valence-corrected chi connectivity index (χ3v) is 9.88. The van der Waals surface area contributed by atoms with E-state index >= 15 is 0 Å². The molecule has 1 saturated carbocycles. The lowest BCUT2D eigenvalue weighted by Crippen LogP contribution is -2.64. The number of rotatable bonds is 4. The lowest BCUT2D eigenvalue weighted by molar-refractivity contribution is -0.137. The van der Waals surface area contributed by atoms with Gasteiger partial charge in [0, 0.05) is 63.0 Å². The molecule has 1 N–H and O–H groups in total. The van der Waals surface area contributed by atoms with Gasteiger partial charge in [-0.05, 0) is 45.6 Å². The number of benzene rings is 1. The second kappa shape index (κ2) is 12.2. The van der Waals surface area contributed by atoms with E-state index in [2.05, 4.69) is 10.1 Å². The van der Waals surface area contributed by atoms with Gasteiger partial charge in [0.2, 0.25) is 0 Å². The van der Waals surface area contributed by atoms with Gasteiger partial charge in [-0.15, -0.1) is 0 Å². The number of piperazine rings is 1. The lowest BCUT2D eigenvalue weighted by atomic mass is 9.66. The first-order valence-electron chi connectivity index (χ1n) is 16.2. The van der Waals surface area contributed by atoms with Crippen molar-refractivity contribution in [1.29, 1.82) is 0 Å². The predicted octanol–water partition coefficient (Wildman–Crippen LogP) is 4.06. The Labute approximate surface area is 269 Å². The number of aromatic nitrogens is 4. The van der Waals surface area contributed by atoms with E-state index in [-0.39, 0.29) is 30.3 Å². The van der Waals surface area contributed by atoms with Crippen molar-refractivity contribution in [2.75, 3.05) is 32.7 Å². The summed E-state index contributed by atoms with van der Waals surface area (Å²) >= 11 is 0. The molecule has 12 nitrogen and oxygen atoms in total. The van der Waals surface area contributed by atoms with Crippen LogP contribution in [-0.4, -0.2) is 95.2 Å². The largest absolute Gasteiger partial charge is 0.444 e. The number of urea groups is 1. The highest BCUT2D eigenvalue weighted by Gasteiger charge is 2.56. The summed E-state index contributed by atoms with van der Waals surface area (Å²) in [5.74, 6) is 0. The number of hydrogen-bond acceptors (Lipinski definition) is 7. The number of amides is 3. The number of hydrogen-bond donors (Lipinski definition) is 1. The molecule has 6 rings (SSSR count). The number of carbonyl (C=O) groups is 2. The smallest absolute Gasteiger partial charge is 0.410 e. The van der Waals surface area contributed by atoms with Gasteiger partial charge in [0.25, 0.3) is 5.56 Å². The van der Waals surface area contributed by atoms with Crippen LogP contribution in [0.1, 0.15) is 64.5 Å². The zero-order chi connectivity index (χ0) is 32.7. The monoisotopic (exact) mass is 631 g/mol. The Morgan fingerprint density at radius 3 is 2.43 bits per heavy atom. The Hall–Kier alpha value is -4.19. The molecule has 0 unspecified atom stereocenters. The minimum Gasteiger partial charge on any atom is -0.444 e. The Balaban J connectivity index is 1.21. The zero-order valence-electron chi connectivity index (χ0n) is 27.3. The maximum absolute atomic E-state index is 14.3. The van der Waals surface area contributed by atoms with Crippen molar-refractivity contribution in [2.45, 2.75) is 76.7 Å². The third kappa shape index (κ3) is 6.27. The fourth-order valence-electron chi connectivity index (χ4n) is 7.45. The lowest BCUT2D eigenvalue weighted by Gasteiger charge is -2.53. The Kier molecular flexibility index (Phi) is 8.43. The van der Waals surface area contributed by atoms with E-state index in [0.29, 0.717) is 44.8 Å². The molecular formula is C34H45N7O5. The summed E-state index contributed by atoms with van der Waals surface area (Å²) in [5, 5.41) is 16.5. The molecule has 0 radical (unpaired) electrons. The second-order valence-electron chi connectivity index (χ2n) is 14.2. The van der Waals surface area contributed by atoms with Gasteiger partial charge in [0.05, 0.1) is 36.4 Å². The van der Waals surface area contributed by atoms with Gasteiger partial charge in [-0.3, -0.25) is 14.0 Å². The van der Waals surface area contributed by atoms with E-state index in [0.717, 1.165) is 36.8 Å². The van der Waals surface area contributed by atoms with E-state index < -0.39 is 16.6 Å².